The number of hydrogen-bond acceptors (Lipinski definition) is 1. The van der Waals surface area contributed by atoms with E-state index in [1.165, 1.54) is 63.4 Å². The molecule has 0 radical (unpaired) electrons. The van der Waals surface area contributed by atoms with Crippen molar-refractivity contribution in [2.45, 2.75) is 71.1 Å². The quantitative estimate of drug-likeness (QED) is 0.378. The molecule has 0 spiro atoms. The molecule has 2 fully saturated rings. The van der Waals surface area contributed by atoms with E-state index in [0.717, 1.165) is 35.5 Å². The van der Waals surface area contributed by atoms with E-state index in [1.807, 2.05) is 31.2 Å². The lowest BCUT2D eigenvalue weighted by atomic mass is 9.68. The van der Waals surface area contributed by atoms with Gasteiger partial charge in [-0.1, -0.05) is 55.3 Å². The molecule has 0 N–H and O–H groups in total. The maximum Gasteiger partial charge on any atom is 0.172 e. The third-order valence-electron chi connectivity index (χ3n) is 8.10. The molecule has 0 saturated heterocycles. The summed E-state index contributed by atoms with van der Waals surface area (Å²) in [5.74, 6) is 3.64. The van der Waals surface area contributed by atoms with Gasteiger partial charge in [0.2, 0.25) is 0 Å². The van der Waals surface area contributed by atoms with Crippen LogP contribution < -0.4 is 4.74 Å². The fourth-order valence-electron chi connectivity index (χ4n) is 5.99. The summed E-state index contributed by atoms with van der Waals surface area (Å²) in [4.78, 5) is 0. The number of allylic oxidation sites excluding steroid dienone is 2. The van der Waals surface area contributed by atoms with Crippen LogP contribution in [0.1, 0.15) is 70.3 Å². The van der Waals surface area contributed by atoms with Crippen molar-refractivity contribution in [2.75, 3.05) is 6.61 Å². The summed E-state index contributed by atoms with van der Waals surface area (Å²) in [6.45, 7) is 6.32. The molecule has 4 rings (SSSR count). The predicted molar refractivity (Wildman–Crippen MR) is 134 cm³/mol. The van der Waals surface area contributed by atoms with E-state index in [4.69, 9.17) is 4.74 Å². The Morgan fingerprint density at radius 2 is 1.69 bits per heavy atom. The second kappa shape index (κ2) is 11.2. The first-order chi connectivity index (χ1) is 15.7. The normalized spacial score (nSPS) is 26.4. The van der Waals surface area contributed by atoms with Gasteiger partial charge in [0.25, 0.3) is 0 Å². The largest absolute Gasteiger partial charge is 0.486 e. The van der Waals surface area contributed by atoms with Crippen LogP contribution >= 0.6 is 0 Å². The molecule has 2 saturated carbocycles. The number of hydrogen-bond donors (Lipinski definition) is 0. The Kier molecular flexibility index (Phi) is 8.05. The summed E-state index contributed by atoms with van der Waals surface area (Å²) in [6, 6.07) is 9.94. The van der Waals surface area contributed by atoms with Crippen molar-refractivity contribution < 1.29 is 9.13 Å². The highest BCUT2D eigenvalue weighted by molar-refractivity contribution is 5.85. The van der Waals surface area contributed by atoms with Crippen molar-refractivity contribution in [3.05, 3.63) is 66.5 Å². The number of aryl methyl sites for hydroxylation is 1. The van der Waals surface area contributed by atoms with Crippen molar-refractivity contribution in [1.82, 2.24) is 0 Å². The zero-order valence-electron chi connectivity index (χ0n) is 19.7. The molecule has 32 heavy (non-hydrogen) atoms. The van der Waals surface area contributed by atoms with Crippen LogP contribution in [0.2, 0.25) is 0 Å². The molecule has 0 atom stereocenters. The van der Waals surface area contributed by atoms with Crippen LogP contribution in [0.25, 0.3) is 10.8 Å². The first-order valence-electron chi connectivity index (χ1n) is 12.8. The highest BCUT2D eigenvalue weighted by Crippen LogP contribution is 2.42. The number of ether oxygens (including phenoxy) is 1. The van der Waals surface area contributed by atoms with Gasteiger partial charge in [0.05, 0.1) is 0 Å². The van der Waals surface area contributed by atoms with E-state index in [-0.39, 0.29) is 5.82 Å². The fourth-order valence-corrected chi connectivity index (χ4v) is 5.99. The van der Waals surface area contributed by atoms with Gasteiger partial charge in [0.15, 0.2) is 11.6 Å². The first kappa shape index (κ1) is 23.1. The molecule has 2 aliphatic carbocycles. The number of halogens is 1. The molecule has 2 aromatic carbocycles. The van der Waals surface area contributed by atoms with Gasteiger partial charge in [-0.05, 0) is 99.0 Å². The van der Waals surface area contributed by atoms with Gasteiger partial charge in [-0.3, -0.25) is 0 Å². The number of rotatable bonds is 8. The third kappa shape index (κ3) is 5.63. The average molecular weight is 435 g/mol. The highest BCUT2D eigenvalue weighted by atomic mass is 19.1. The lowest BCUT2D eigenvalue weighted by Crippen LogP contribution is -2.25. The van der Waals surface area contributed by atoms with Gasteiger partial charge in [-0.2, -0.15) is 0 Å². The van der Waals surface area contributed by atoms with E-state index in [9.17, 15) is 4.39 Å². The van der Waals surface area contributed by atoms with E-state index in [0.29, 0.717) is 17.7 Å². The smallest absolute Gasteiger partial charge is 0.172 e. The van der Waals surface area contributed by atoms with Gasteiger partial charge in [-0.25, -0.2) is 4.39 Å². The van der Waals surface area contributed by atoms with Crippen LogP contribution in [-0.2, 0) is 6.42 Å². The minimum absolute atomic E-state index is 0.251. The molecule has 0 amide bonds. The molecular weight excluding hydrogens is 395 g/mol. The summed E-state index contributed by atoms with van der Waals surface area (Å²) < 4.78 is 20.3. The maximum atomic E-state index is 14.8. The molecule has 0 aliphatic heterocycles. The van der Waals surface area contributed by atoms with E-state index in [1.54, 1.807) is 6.07 Å². The summed E-state index contributed by atoms with van der Waals surface area (Å²) in [7, 11) is 0. The average Bonchev–Trinajstić information content (AvgIpc) is 2.84. The topological polar surface area (TPSA) is 9.23 Å². The lowest BCUT2D eigenvalue weighted by Gasteiger charge is -2.37. The second-order valence-corrected chi connectivity index (χ2v) is 10.0. The SMILES string of the molecule is C=CC1CCC(C2CCC(CCc3ccc4c(F)c(OCC=CC)ccc4c3)CC2)CC1. The molecular formula is C30H39FO. The van der Waals surface area contributed by atoms with Gasteiger partial charge in [0.1, 0.15) is 6.61 Å². The zero-order chi connectivity index (χ0) is 22.3. The minimum Gasteiger partial charge on any atom is -0.486 e. The van der Waals surface area contributed by atoms with Crippen molar-refractivity contribution >= 4 is 10.8 Å². The standard InChI is InChI=1S/C30H39FO/c1-3-5-20-32-29-19-17-27-21-24(12-18-28(27)30(29)31)7-6-23-10-15-26(16-11-23)25-13-8-22(4-2)9-14-25/h3-5,12,17-19,21-23,25-26H,2,6-11,13-16,20H2,1H3. The van der Waals surface area contributed by atoms with Crippen molar-refractivity contribution in [3.8, 4) is 5.75 Å². The van der Waals surface area contributed by atoms with Gasteiger partial charge in [0, 0.05) is 5.39 Å². The Morgan fingerprint density at radius 3 is 2.38 bits per heavy atom. The Bertz CT molecular complexity index is 914. The molecule has 2 heteroatoms. The minimum atomic E-state index is -0.251. The predicted octanol–water partition coefficient (Wildman–Crippen LogP) is 8.67. The van der Waals surface area contributed by atoms with Crippen molar-refractivity contribution in [3.63, 3.8) is 0 Å². The summed E-state index contributed by atoms with van der Waals surface area (Å²) >= 11 is 0. The van der Waals surface area contributed by atoms with Crippen molar-refractivity contribution in [2.24, 2.45) is 23.7 Å². The van der Waals surface area contributed by atoms with Crippen molar-refractivity contribution in [1.29, 1.82) is 0 Å². The molecule has 0 heterocycles. The van der Waals surface area contributed by atoms with Crippen LogP contribution in [0.3, 0.4) is 0 Å². The molecule has 2 aromatic rings. The van der Waals surface area contributed by atoms with E-state index >= 15 is 0 Å². The fraction of sp³-hybridized carbons (Fsp3) is 0.533. The maximum absolute atomic E-state index is 14.8. The number of benzene rings is 2. The van der Waals surface area contributed by atoms with Crippen LogP contribution in [0.4, 0.5) is 4.39 Å². The van der Waals surface area contributed by atoms with Gasteiger partial charge in [-0.15, -0.1) is 6.58 Å². The van der Waals surface area contributed by atoms with Crippen LogP contribution in [0.15, 0.2) is 55.1 Å². The summed E-state index contributed by atoms with van der Waals surface area (Å²) in [5.41, 5.74) is 1.32. The Morgan fingerprint density at radius 1 is 0.969 bits per heavy atom. The first-order valence-corrected chi connectivity index (χ1v) is 12.8. The van der Waals surface area contributed by atoms with E-state index in [2.05, 4.69) is 24.8 Å². The lowest BCUT2D eigenvalue weighted by molar-refractivity contribution is 0.153. The van der Waals surface area contributed by atoms with Gasteiger partial charge < -0.3 is 4.74 Å². The molecule has 1 nitrogen and oxygen atoms in total. The highest BCUT2D eigenvalue weighted by Gasteiger charge is 2.30. The van der Waals surface area contributed by atoms with Crippen LogP contribution in [0, 0.1) is 29.5 Å². The summed E-state index contributed by atoms with van der Waals surface area (Å²) in [5, 5.41) is 1.62. The summed E-state index contributed by atoms with van der Waals surface area (Å²) in [6.07, 6.45) is 19.5. The molecule has 2 aliphatic rings. The molecule has 0 aromatic heterocycles. The zero-order valence-corrected chi connectivity index (χ0v) is 19.7. The van der Waals surface area contributed by atoms with Gasteiger partial charge >= 0.3 is 0 Å². The monoisotopic (exact) mass is 434 g/mol. The van der Waals surface area contributed by atoms with Crippen LogP contribution in [-0.4, -0.2) is 6.61 Å². The Labute approximate surface area is 193 Å². The molecule has 0 bridgehead atoms. The van der Waals surface area contributed by atoms with E-state index < -0.39 is 0 Å². The second-order valence-electron chi connectivity index (χ2n) is 10.0. The number of fused-ring (bicyclic) bond motifs is 1. The molecule has 172 valence electrons. The Hall–Kier alpha value is -2.09. The molecule has 0 unspecified atom stereocenters. The Balaban J connectivity index is 1.27. The van der Waals surface area contributed by atoms with Crippen LogP contribution in [0.5, 0.6) is 5.75 Å². The third-order valence-corrected chi connectivity index (χ3v) is 8.10.